The van der Waals surface area contributed by atoms with Crippen molar-refractivity contribution in [2.45, 2.75) is 24.9 Å². The summed E-state index contributed by atoms with van der Waals surface area (Å²) >= 11 is 12.1. The number of halogens is 3. The minimum absolute atomic E-state index is 0.159. The lowest BCUT2D eigenvalue weighted by Gasteiger charge is -2.27. The van der Waals surface area contributed by atoms with Gasteiger partial charge < -0.3 is 0 Å². The van der Waals surface area contributed by atoms with Crippen molar-refractivity contribution in [1.82, 2.24) is 4.90 Å². The first-order chi connectivity index (χ1) is 14.4. The number of ketones is 1. The Morgan fingerprint density at radius 3 is 2.37 bits per heavy atom. The molecule has 5 nitrogen and oxygen atoms in total. The Hall–Kier alpha value is -2.28. The number of nitrogens with zero attached hydrogens (tertiary/aromatic N) is 2. The second-order valence-electron chi connectivity index (χ2n) is 7.93. The highest BCUT2D eigenvalue weighted by Gasteiger charge is 2.64. The second-order valence-corrected chi connectivity index (χ2v) is 8.74. The molecule has 0 spiro atoms. The number of hydrogen-bond acceptors (Lipinski definition) is 4. The molecule has 30 heavy (non-hydrogen) atoms. The van der Waals surface area contributed by atoms with Crippen molar-refractivity contribution >= 4 is 46.5 Å². The molecule has 4 atom stereocenters. The van der Waals surface area contributed by atoms with E-state index in [2.05, 4.69) is 0 Å². The monoisotopic (exact) mass is 446 g/mol. The number of carbonyl (C=O) groups is 3. The van der Waals surface area contributed by atoms with Crippen LogP contribution >= 0.6 is 23.2 Å². The van der Waals surface area contributed by atoms with Gasteiger partial charge in [0.1, 0.15) is 5.82 Å². The maximum atomic E-state index is 13.4. The van der Waals surface area contributed by atoms with E-state index in [1.54, 1.807) is 6.07 Å². The van der Waals surface area contributed by atoms with Gasteiger partial charge in [-0.3, -0.25) is 19.3 Å². The normalized spacial score (nSPS) is 28.2. The molecule has 2 aromatic rings. The SMILES string of the molecule is O=C(c1ccc(F)cc1)[C@@H]1[C@@H]2C(=O)N(c3ccc(Cl)c(Cl)c3)C(=O)[C@@H]2[C@H]2CCCN21. The number of imide groups is 1. The predicted molar refractivity (Wildman–Crippen MR) is 110 cm³/mol. The molecule has 0 aromatic heterocycles. The van der Waals surface area contributed by atoms with Gasteiger partial charge in [0.25, 0.3) is 0 Å². The zero-order chi connectivity index (χ0) is 21.2. The van der Waals surface area contributed by atoms with E-state index in [4.69, 9.17) is 23.2 Å². The number of Topliss-reactive ketones (excluding diaryl/α,β-unsaturated/α-hetero) is 1. The van der Waals surface area contributed by atoms with Gasteiger partial charge in [0.15, 0.2) is 5.78 Å². The molecule has 0 bridgehead atoms. The van der Waals surface area contributed by atoms with Crippen LogP contribution in [0.2, 0.25) is 10.0 Å². The topological polar surface area (TPSA) is 57.7 Å². The lowest BCUT2D eigenvalue weighted by molar-refractivity contribution is -0.123. The molecule has 0 N–H and O–H groups in total. The van der Waals surface area contributed by atoms with Crippen molar-refractivity contribution in [1.29, 1.82) is 0 Å². The largest absolute Gasteiger partial charge is 0.292 e. The van der Waals surface area contributed by atoms with Gasteiger partial charge in [0.2, 0.25) is 11.8 Å². The molecule has 0 saturated carbocycles. The summed E-state index contributed by atoms with van der Waals surface area (Å²) in [5.74, 6) is -2.76. The maximum absolute atomic E-state index is 13.4. The molecule has 5 rings (SSSR count). The summed E-state index contributed by atoms with van der Waals surface area (Å²) in [5, 5.41) is 0.569. The Morgan fingerprint density at radius 2 is 1.67 bits per heavy atom. The van der Waals surface area contributed by atoms with E-state index in [9.17, 15) is 18.8 Å². The minimum Gasteiger partial charge on any atom is -0.292 e. The number of hydrogen-bond donors (Lipinski definition) is 0. The van der Waals surface area contributed by atoms with Crippen molar-refractivity contribution in [3.8, 4) is 0 Å². The first kappa shape index (κ1) is 19.7. The van der Waals surface area contributed by atoms with Crippen LogP contribution in [0.15, 0.2) is 42.5 Å². The Morgan fingerprint density at radius 1 is 0.967 bits per heavy atom. The number of rotatable bonds is 3. The van der Waals surface area contributed by atoms with Gasteiger partial charge in [-0.05, 0) is 61.9 Å². The van der Waals surface area contributed by atoms with Gasteiger partial charge in [-0.2, -0.15) is 0 Å². The van der Waals surface area contributed by atoms with E-state index < -0.39 is 29.6 Å². The molecule has 8 heteroatoms. The Labute approximate surface area is 182 Å². The van der Waals surface area contributed by atoms with Crippen LogP contribution in [-0.4, -0.2) is 41.1 Å². The molecule has 3 aliphatic heterocycles. The van der Waals surface area contributed by atoms with Crippen LogP contribution in [0, 0.1) is 17.7 Å². The first-order valence-corrected chi connectivity index (χ1v) is 10.5. The van der Waals surface area contributed by atoms with E-state index in [0.29, 0.717) is 22.8 Å². The van der Waals surface area contributed by atoms with Crippen LogP contribution in [0.4, 0.5) is 10.1 Å². The molecule has 2 amide bonds. The minimum atomic E-state index is -0.769. The van der Waals surface area contributed by atoms with Crippen LogP contribution in [0.3, 0.4) is 0 Å². The molecule has 3 aliphatic rings. The number of anilines is 1. The first-order valence-electron chi connectivity index (χ1n) is 9.77. The average Bonchev–Trinajstić information content (AvgIpc) is 3.36. The molecular weight excluding hydrogens is 430 g/mol. The Bertz CT molecular complexity index is 1070. The maximum Gasteiger partial charge on any atom is 0.239 e. The molecule has 2 aromatic carbocycles. The van der Waals surface area contributed by atoms with Crippen molar-refractivity contribution in [3.63, 3.8) is 0 Å². The molecular formula is C22H17Cl2FN2O3. The molecule has 0 aliphatic carbocycles. The number of carbonyl (C=O) groups excluding carboxylic acids is 3. The van der Waals surface area contributed by atoms with E-state index in [-0.39, 0.29) is 22.8 Å². The summed E-state index contributed by atoms with van der Waals surface area (Å²) in [5.41, 5.74) is 0.687. The number of fused-ring (bicyclic) bond motifs is 3. The molecule has 154 valence electrons. The van der Waals surface area contributed by atoms with E-state index >= 15 is 0 Å². The lowest BCUT2D eigenvalue weighted by Crippen LogP contribution is -2.46. The zero-order valence-electron chi connectivity index (χ0n) is 15.7. The Balaban J connectivity index is 1.55. The molecule has 3 saturated heterocycles. The van der Waals surface area contributed by atoms with Crippen molar-refractivity contribution < 1.29 is 18.8 Å². The standard InChI is InChI=1S/C22H17Cl2FN2O3/c23-14-8-7-13(10-15(14)24)27-21(29)17-16-2-1-9-26(16)19(18(17)22(27)30)20(28)11-3-5-12(25)6-4-11/h3-8,10,16-19H,1-2,9H2/t16-,17-,18-,19+/m1/s1. The van der Waals surface area contributed by atoms with Gasteiger partial charge in [0.05, 0.1) is 33.6 Å². The summed E-state index contributed by atoms with van der Waals surface area (Å²) in [6, 6.07) is 9.01. The van der Waals surface area contributed by atoms with Crippen molar-refractivity contribution in [2.24, 2.45) is 11.8 Å². The summed E-state index contributed by atoms with van der Waals surface area (Å²) in [7, 11) is 0. The third-order valence-corrected chi connectivity index (χ3v) is 7.15. The fraction of sp³-hybridized carbons (Fsp3) is 0.318. The van der Waals surface area contributed by atoms with Crippen LogP contribution in [0.25, 0.3) is 0 Å². The number of amides is 2. The van der Waals surface area contributed by atoms with Gasteiger partial charge in [-0.15, -0.1) is 0 Å². The van der Waals surface area contributed by atoms with Gasteiger partial charge in [-0.1, -0.05) is 23.2 Å². The fourth-order valence-electron chi connectivity index (χ4n) is 5.18. The van der Waals surface area contributed by atoms with Crippen LogP contribution in [0.1, 0.15) is 23.2 Å². The zero-order valence-corrected chi connectivity index (χ0v) is 17.2. The summed E-state index contributed by atoms with van der Waals surface area (Å²) in [6.45, 7) is 0.655. The highest BCUT2D eigenvalue weighted by atomic mass is 35.5. The summed E-state index contributed by atoms with van der Waals surface area (Å²) in [4.78, 5) is 43.2. The molecule has 0 radical (unpaired) electrons. The lowest BCUT2D eigenvalue weighted by atomic mass is 9.85. The number of benzene rings is 2. The third kappa shape index (κ3) is 2.82. The summed E-state index contributed by atoms with van der Waals surface area (Å²) < 4.78 is 13.3. The highest BCUT2D eigenvalue weighted by molar-refractivity contribution is 6.42. The van der Waals surface area contributed by atoms with Gasteiger partial charge in [0, 0.05) is 11.6 Å². The van der Waals surface area contributed by atoms with Crippen molar-refractivity contribution in [3.05, 3.63) is 63.9 Å². The quantitative estimate of drug-likeness (QED) is 0.528. The smallest absolute Gasteiger partial charge is 0.239 e. The fourth-order valence-corrected chi connectivity index (χ4v) is 5.47. The second kappa shape index (κ2) is 7.15. The van der Waals surface area contributed by atoms with E-state index in [1.165, 1.54) is 36.4 Å². The molecule has 3 heterocycles. The highest BCUT2D eigenvalue weighted by Crippen LogP contribution is 2.48. The van der Waals surface area contributed by atoms with E-state index in [1.807, 2.05) is 4.90 Å². The van der Waals surface area contributed by atoms with Gasteiger partial charge >= 0.3 is 0 Å². The third-order valence-electron chi connectivity index (χ3n) is 6.41. The Kier molecular flexibility index (Phi) is 4.69. The van der Waals surface area contributed by atoms with Crippen molar-refractivity contribution in [2.75, 3.05) is 11.4 Å². The van der Waals surface area contributed by atoms with E-state index in [0.717, 1.165) is 17.7 Å². The van der Waals surface area contributed by atoms with Crippen LogP contribution in [0.5, 0.6) is 0 Å². The average molecular weight is 447 g/mol. The van der Waals surface area contributed by atoms with Crippen LogP contribution in [-0.2, 0) is 9.59 Å². The van der Waals surface area contributed by atoms with Gasteiger partial charge in [-0.25, -0.2) is 9.29 Å². The summed E-state index contributed by atoms with van der Waals surface area (Å²) in [6.07, 6.45) is 1.61. The predicted octanol–water partition coefficient (Wildman–Crippen LogP) is 3.97. The van der Waals surface area contributed by atoms with Crippen LogP contribution < -0.4 is 4.90 Å². The molecule has 0 unspecified atom stereocenters. The molecule has 3 fully saturated rings.